The summed E-state index contributed by atoms with van der Waals surface area (Å²) in [5.74, 6) is 0. The Balaban J connectivity index is 2.01. The number of aromatic nitrogens is 1. The Morgan fingerprint density at radius 2 is 2.18 bits per heavy atom. The van der Waals surface area contributed by atoms with Gasteiger partial charge in [0.15, 0.2) is 0 Å². The van der Waals surface area contributed by atoms with Crippen molar-refractivity contribution in [3.05, 3.63) is 46.7 Å². The number of anilines is 2. The molecule has 4 heteroatoms. The van der Waals surface area contributed by atoms with Gasteiger partial charge in [-0.1, -0.05) is 15.9 Å². The van der Waals surface area contributed by atoms with Crippen molar-refractivity contribution in [3.63, 3.8) is 0 Å². The average Bonchev–Trinajstić information content (AvgIpc) is 2.78. The lowest BCUT2D eigenvalue weighted by atomic mass is 10.2. The van der Waals surface area contributed by atoms with Crippen LogP contribution in [0.2, 0.25) is 0 Å². The summed E-state index contributed by atoms with van der Waals surface area (Å²) in [5.41, 5.74) is 9.18. The summed E-state index contributed by atoms with van der Waals surface area (Å²) in [4.78, 5) is 5.24. The molecule has 90 valence electrons. The summed E-state index contributed by atoms with van der Waals surface area (Å²) in [6.07, 6.45) is 4.98. The Hall–Kier alpha value is -1.42. The first-order valence-corrected chi connectivity index (χ1v) is 6.34. The maximum atomic E-state index is 5.99. The molecule has 1 aromatic heterocycles. The highest BCUT2D eigenvalue weighted by molar-refractivity contribution is 9.10. The molecule has 0 unspecified atom stereocenters. The number of aromatic amines is 1. The predicted octanol–water partition coefficient (Wildman–Crippen LogP) is 3.04. The zero-order valence-corrected chi connectivity index (χ0v) is 11.4. The molecule has 0 radical (unpaired) electrons. The van der Waals surface area contributed by atoms with Crippen molar-refractivity contribution in [2.24, 2.45) is 0 Å². The SMILES string of the molecule is CN(CCc1cc[nH]c1)c1ccc(Br)cc1N. The van der Waals surface area contributed by atoms with Gasteiger partial charge in [0.1, 0.15) is 0 Å². The van der Waals surface area contributed by atoms with Crippen LogP contribution in [-0.4, -0.2) is 18.6 Å². The van der Waals surface area contributed by atoms with Crippen molar-refractivity contribution >= 4 is 27.3 Å². The Morgan fingerprint density at radius 3 is 2.82 bits per heavy atom. The van der Waals surface area contributed by atoms with Gasteiger partial charge in [-0.2, -0.15) is 0 Å². The monoisotopic (exact) mass is 293 g/mol. The van der Waals surface area contributed by atoms with Crippen molar-refractivity contribution in [2.45, 2.75) is 6.42 Å². The fourth-order valence-corrected chi connectivity index (χ4v) is 2.18. The maximum absolute atomic E-state index is 5.99. The molecule has 0 amide bonds. The largest absolute Gasteiger partial charge is 0.397 e. The van der Waals surface area contributed by atoms with E-state index in [9.17, 15) is 0 Å². The number of H-pyrrole nitrogens is 1. The Bertz CT molecular complexity index is 479. The van der Waals surface area contributed by atoms with E-state index in [-0.39, 0.29) is 0 Å². The molecule has 0 bridgehead atoms. The van der Waals surface area contributed by atoms with E-state index in [0.717, 1.165) is 28.8 Å². The zero-order valence-electron chi connectivity index (χ0n) is 9.78. The molecule has 1 aromatic carbocycles. The smallest absolute Gasteiger partial charge is 0.0598 e. The summed E-state index contributed by atoms with van der Waals surface area (Å²) in [6.45, 7) is 0.948. The van der Waals surface area contributed by atoms with E-state index in [2.05, 4.69) is 38.9 Å². The molecule has 0 aliphatic rings. The van der Waals surface area contributed by atoms with Crippen LogP contribution in [0.4, 0.5) is 11.4 Å². The van der Waals surface area contributed by atoms with E-state index in [0.29, 0.717) is 0 Å². The first-order chi connectivity index (χ1) is 8.16. The quantitative estimate of drug-likeness (QED) is 0.851. The van der Waals surface area contributed by atoms with E-state index in [4.69, 9.17) is 5.73 Å². The van der Waals surface area contributed by atoms with E-state index in [1.807, 2.05) is 30.6 Å². The number of nitrogens with two attached hydrogens (primary N) is 1. The zero-order chi connectivity index (χ0) is 12.3. The second kappa shape index (κ2) is 5.27. The minimum absolute atomic E-state index is 0.802. The minimum Gasteiger partial charge on any atom is -0.397 e. The standard InChI is InChI=1S/C13H16BrN3/c1-17(7-5-10-4-6-16-9-10)13-3-2-11(14)8-12(13)15/h2-4,6,8-9,16H,5,7,15H2,1H3. The van der Waals surface area contributed by atoms with Crippen LogP contribution in [0.25, 0.3) is 0 Å². The molecule has 0 aliphatic heterocycles. The molecule has 0 saturated heterocycles. The summed E-state index contributed by atoms with van der Waals surface area (Å²) in [7, 11) is 2.06. The van der Waals surface area contributed by atoms with Crippen LogP contribution >= 0.6 is 15.9 Å². The number of nitrogens with zero attached hydrogens (tertiary/aromatic N) is 1. The summed E-state index contributed by atoms with van der Waals surface area (Å²) in [6, 6.07) is 8.08. The van der Waals surface area contributed by atoms with Gasteiger partial charge in [0.05, 0.1) is 11.4 Å². The molecule has 17 heavy (non-hydrogen) atoms. The summed E-state index contributed by atoms with van der Waals surface area (Å²) < 4.78 is 1.01. The Kier molecular flexibility index (Phi) is 3.74. The number of hydrogen-bond donors (Lipinski definition) is 2. The molecule has 0 saturated carbocycles. The van der Waals surface area contributed by atoms with Gasteiger partial charge in [-0.15, -0.1) is 0 Å². The van der Waals surface area contributed by atoms with E-state index < -0.39 is 0 Å². The highest BCUT2D eigenvalue weighted by atomic mass is 79.9. The predicted molar refractivity (Wildman–Crippen MR) is 76.3 cm³/mol. The van der Waals surface area contributed by atoms with Gasteiger partial charge in [-0.3, -0.25) is 0 Å². The lowest BCUT2D eigenvalue weighted by Crippen LogP contribution is -2.21. The van der Waals surface area contributed by atoms with Crippen molar-refractivity contribution < 1.29 is 0 Å². The fraction of sp³-hybridized carbons (Fsp3) is 0.231. The lowest BCUT2D eigenvalue weighted by Gasteiger charge is -2.21. The molecule has 0 fully saturated rings. The first-order valence-electron chi connectivity index (χ1n) is 5.54. The molecular formula is C13H16BrN3. The van der Waals surface area contributed by atoms with Crippen LogP contribution in [0.15, 0.2) is 41.1 Å². The third kappa shape index (κ3) is 3.03. The third-order valence-corrected chi connectivity index (χ3v) is 3.29. The molecule has 1 heterocycles. The summed E-state index contributed by atoms with van der Waals surface area (Å²) >= 11 is 3.41. The molecular weight excluding hydrogens is 278 g/mol. The molecule has 2 aromatic rings. The Labute approximate surface area is 110 Å². The van der Waals surface area contributed by atoms with Gasteiger partial charge >= 0.3 is 0 Å². The van der Waals surface area contributed by atoms with Crippen molar-refractivity contribution in [3.8, 4) is 0 Å². The molecule has 0 spiro atoms. The molecule has 3 nitrogen and oxygen atoms in total. The highest BCUT2D eigenvalue weighted by Crippen LogP contribution is 2.25. The number of rotatable bonds is 4. The van der Waals surface area contributed by atoms with Crippen molar-refractivity contribution in [2.75, 3.05) is 24.2 Å². The van der Waals surface area contributed by atoms with Gasteiger partial charge in [0.25, 0.3) is 0 Å². The number of hydrogen-bond acceptors (Lipinski definition) is 2. The van der Waals surface area contributed by atoms with E-state index in [1.54, 1.807) is 0 Å². The normalized spacial score (nSPS) is 10.5. The van der Waals surface area contributed by atoms with Crippen LogP contribution in [0.5, 0.6) is 0 Å². The van der Waals surface area contributed by atoms with Crippen LogP contribution < -0.4 is 10.6 Å². The van der Waals surface area contributed by atoms with Crippen LogP contribution in [0, 0.1) is 0 Å². The van der Waals surface area contributed by atoms with Gasteiger partial charge < -0.3 is 15.6 Å². The second-order valence-corrected chi connectivity index (χ2v) is 5.01. The maximum Gasteiger partial charge on any atom is 0.0598 e. The van der Waals surface area contributed by atoms with Crippen molar-refractivity contribution in [1.82, 2.24) is 4.98 Å². The van der Waals surface area contributed by atoms with Gasteiger partial charge in [0, 0.05) is 30.5 Å². The van der Waals surface area contributed by atoms with Crippen molar-refractivity contribution in [1.29, 1.82) is 0 Å². The molecule has 0 aliphatic carbocycles. The molecule has 3 N–H and O–H groups in total. The number of nitrogens with one attached hydrogen (secondary N) is 1. The van der Waals surface area contributed by atoms with Crippen LogP contribution in [0.3, 0.4) is 0 Å². The summed E-state index contributed by atoms with van der Waals surface area (Å²) in [5, 5.41) is 0. The molecule has 0 atom stereocenters. The topological polar surface area (TPSA) is 45.0 Å². The van der Waals surface area contributed by atoms with Crippen LogP contribution in [0.1, 0.15) is 5.56 Å². The van der Waals surface area contributed by atoms with Gasteiger partial charge in [-0.05, 0) is 36.2 Å². The fourth-order valence-electron chi connectivity index (χ4n) is 1.80. The number of benzene rings is 1. The van der Waals surface area contributed by atoms with E-state index >= 15 is 0 Å². The van der Waals surface area contributed by atoms with E-state index in [1.165, 1.54) is 5.56 Å². The van der Waals surface area contributed by atoms with Gasteiger partial charge in [-0.25, -0.2) is 0 Å². The highest BCUT2D eigenvalue weighted by Gasteiger charge is 2.05. The number of likely N-dealkylation sites (N-methyl/N-ethyl adjacent to an activating group) is 1. The molecule has 2 rings (SSSR count). The third-order valence-electron chi connectivity index (χ3n) is 2.80. The Morgan fingerprint density at radius 1 is 1.35 bits per heavy atom. The van der Waals surface area contributed by atoms with Crippen LogP contribution in [-0.2, 0) is 6.42 Å². The lowest BCUT2D eigenvalue weighted by molar-refractivity contribution is 0.879. The number of nitrogen functional groups attached to an aromatic ring is 1. The average molecular weight is 294 g/mol. The second-order valence-electron chi connectivity index (χ2n) is 4.09. The minimum atomic E-state index is 0.802. The number of halogens is 1. The first kappa shape index (κ1) is 12.0. The van der Waals surface area contributed by atoms with Gasteiger partial charge in [0.2, 0.25) is 0 Å².